The molecule has 1 heterocycles. The number of carbonyl (C=O) groups excluding carboxylic acids is 1. The number of carbonyl (C=O) groups is 1. The molecule has 1 aliphatic carbocycles. The van der Waals surface area contributed by atoms with Crippen LogP contribution in [0.5, 0.6) is 0 Å². The standard InChI is InChI=1S/C17H11BrClFN2O/c18-16-15-13(20)6-3-7-14(15)22(21-16)17(23)10-5-2-1-4-9(10)11-8-12(11)19/h1-7,11-12H,8H2. The molecule has 23 heavy (non-hydrogen) atoms. The van der Waals surface area contributed by atoms with Crippen molar-refractivity contribution in [2.24, 2.45) is 0 Å². The fraction of sp³-hybridized carbons (Fsp3) is 0.176. The highest BCUT2D eigenvalue weighted by molar-refractivity contribution is 9.10. The van der Waals surface area contributed by atoms with Gasteiger partial charge in [-0.1, -0.05) is 24.3 Å². The molecule has 1 saturated carbocycles. The Morgan fingerprint density at radius 3 is 2.74 bits per heavy atom. The second kappa shape index (κ2) is 5.42. The molecular formula is C17H11BrClFN2O. The maximum atomic E-state index is 14.0. The molecule has 0 aliphatic heterocycles. The molecule has 2 aromatic carbocycles. The lowest BCUT2D eigenvalue weighted by molar-refractivity contribution is 0.0949. The van der Waals surface area contributed by atoms with E-state index >= 15 is 0 Å². The van der Waals surface area contributed by atoms with Crippen LogP contribution in [0, 0.1) is 5.82 Å². The summed E-state index contributed by atoms with van der Waals surface area (Å²) in [6, 6.07) is 12.0. The maximum absolute atomic E-state index is 14.0. The SMILES string of the molecule is O=C(c1ccccc1C1CC1Cl)n1nc(Br)c2c(F)cccc21. The second-order valence-corrected chi connectivity index (χ2v) is 6.90. The maximum Gasteiger partial charge on any atom is 0.279 e. The number of hydrogen-bond acceptors (Lipinski definition) is 2. The molecule has 116 valence electrons. The summed E-state index contributed by atoms with van der Waals surface area (Å²) in [6.07, 6.45) is 0.865. The second-order valence-electron chi connectivity index (χ2n) is 5.59. The molecule has 0 saturated heterocycles. The Kier molecular flexibility index (Phi) is 3.50. The lowest BCUT2D eigenvalue weighted by Gasteiger charge is -2.08. The Labute approximate surface area is 145 Å². The summed E-state index contributed by atoms with van der Waals surface area (Å²) in [5.74, 6) is -0.499. The van der Waals surface area contributed by atoms with Crippen LogP contribution in [-0.2, 0) is 0 Å². The lowest BCUT2D eigenvalue weighted by atomic mass is 10.0. The molecule has 1 fully saturated rings. The molecule has 3 nitrogen and oxygen atoms in total. The average molecular weight is 394 g/mol. The van der Waals surface area contributed by atoms with Crippen molar-refractivity contribution in [2.45, 2.75) is 17.7 Å². The number of rotatable bonds is 2. The molecule has 0 amide bonds. The smallest absolute Gasteiger partial charge is 0.267 e. The summed E-state index contributed by atoms with van der Waals surface area (Å²) in [5, 5.41) is 4.55. The minimum absolute atomic E-state index is 0.0718. The van der Waals surface area contributed by atoms with Gasteiger partial charge in [0.15, 0.2) is 0 Å². The Hall–Kier alpha value is -1.72. The Morgan fingerprint density at radius 1 is 1.26 bits per heavy atom. The third-order valence-electron chi connectivity index (χ3n) is 4.11. The highest BCUT2D eigenvalue weighted by Gasteiger charge is 2.39. The normalized spacial score (nSPS) is 20.0. The number of nitrogens with zero attached hydrogens (tertiary/aromatic N) is 2. The van der Waals surface area contributed by atoms with Crippen molar-refractivity contribution >= 4 is 44.3 Å². The molecule has 0 radical (unpaired) electrons. The van der Waals surface area contributed by atoms with Crippen LogP contribution >= 0.6 is 27.5 Å². The summed E-state index contributed by atoms with van der Waals surface area (Å²) in [4.78, 5) is 13.0. The Balaban J connectivity index is 1.87. The van der Waals surface area contributed by atoms with Crippen LogP contribution in [0.25, 0.3) is 10.9 Å². The molecule has 0 bridgehead atoms. The third-order valence-corrected chi connectivity index (χ3v) is 5.15. The number of benzene rings is 2. The van der Waals surface area contributed by atoms with Crippen molar-refractivity contribution in [3.8, 4) is 0 Å². The fourth-order valence-electron chi connectivity index (χ4n) is 2.85. The number of hydrogen-bond donors (Lipinski definition) is 0. The highest BCUT2D eigenvalue weighted by Crippen LogP contribution is 2.46. The predicted molar refractivity (Wildman–Crippen MR) is 90.6 cm³/mol. The van der Waals surface area contributed by atoms with Crippen molar-refractivity contribution in [2.75, 3.05) is 0 Å². The van der Waals surface area contributed by atoms with Crippen LogP contribution in [0.15, 0.2) is 47.1 Å². The zero-order valence-electron chi connectivity index (χ0n) is 11.8. The average Bonchev–Trinajstić information content (AvgIpc) is 3.18. The summed E-state index contributed by atoms with van der Waals surface area (Å²) in [7, 11) is 0. The van der Waals surface area contributed by atoms with Gasteiger partial charge in [0, 0.05) is 16.9 Å². The fourth-order valence-corrected chi connectivity index (χ4v) is 3.73. The number of halogens is 3. The van der Waals surface area contributed by atoms with E-state index in [1.54, 1.807) is 18.2 Å². The molecule has 0 N–H and O–H groups in total. The lowest BCUT2D eigenvalue weighted by Crippen LogP contribution is -2.15. The van der Waals surface area contributed by atoms with Crippen LogP contribution < -0.4 is 0 Å². The van der Waals surface area contributed by atoms with Gasteiger partial charge in [-0.15, -0.1) is 11.6 Å². The number of fused-ring (bicyclic) bond motifs is 1. The molecule has 2 atom stereocenters. The van der Waals surface area contributed by atoms with E-state index in [9.17, 15) is 9.18 Å². The minimum atomic E-state index is -0.412. The van der Waals surface area contributed by atoms with Gasteiger partial charge in [0.2, 0.25) is 0 Å². The molecule has 1 aliphatic rings. The first-order valence-corrected chi connectivity index (χ1v) is 8.41. The van der Waals surface area contributed by atoms with Gasteiger partial charge in [-0.05, 0) is 46.1 Å². The molecule has 4 rings (SSSR count). The van der Waals surface area contributed by atoms with Gasteiger partial charge in [-0.25, -0.2) is 4.39 Å². The largest absolute Gasteiger partial charge is 0.279 e. The van der Waals surface area contributed by atoms with E-state index in [1.807, 2.05) is 18.2 Å². The first-order chi connectivity index (χ1) is 11.1. The number of alkyl halides is 1. The number of aromatic nitrogens is 2. The summed E-state index contributed by atoms with van der Waals surface area (Å²) >= 11 is 9.37. The molecule has 1 aromatic heterocycles. The van der Waals surface area contributed by atoms with Crippen molar-refractivity contribution < 1.29 is 9.18 Å². The molecular weight excluding hydrogens is 383 g/mol. The van der Waals surface area contributed by atoms with E-state index in [0.29, 0.717) is 21.1 Å². The van der Waals surface area contributed by atoms with Crippen LogP contribution in [-0.4, -0.2) is 21.1 Å². The van der Waals surface area contributed by atoms with Gasteiger partial charge >= 0.3 is 0 Å². The van der Waals surface area contributed by atoms with Crippen LogP contribution in [0.2, 0.25) is 0 Å². The quantitative estimate of drug-likeness (QED) is 0.590. The topological polar surface area (TPSA) is 34.9 Å². The third kappa shape index (κ3) is 2.39. The Morgan fingerprint density at radius 2 is 2.00 bits per heavy atom. The van der Waals surface area contributed by atoms with Crippen molar-refractivity contribution in [3.63, 3.8) is 0 Å². The predicted octanol–water partition coefficient (Wildman–Crippen LogP) is 4.72. The summed E-state index contributed by atoms with van der Waals surface area (Å²) < 4.78 is 15.5. The first kappa shape index (κ1) is 14.8. The van der Waals surface area contributed by atoms with Gasteiger partial charge in [0.1, 0.15) is 10.4 Å². The zero-order valence-corrected chi connectivity index (χ0v) is 14.2. The monoisotopic (exact) mass is 392 g/mol. The molecule has 0 spiro atoms. The van der Waals surface area contributed by atoms with Gasteiger partial charge in [-0.2, -0.15) is 9.78 Å². The zero-order chi connectivity index (χ0) is 16.1. The van der Waals surface area contributed by atoms with Crippen LogP contribution in [0.1, 0.15) is 28.3 Å². The van der Waals surface area contributed by atoms with Gasteiger partial charge < -0.3 is 0 Å². The van der Waals surface area contributed by atoms with Crippen LogP contribution in [0.4, 0.5) is 4.39 Å². The van der Waals surface area contributed by atoms with Crippen molar-refractivity contribution in [3.05, 3.63) is 64.0 Å². The first-order valence-electron chi connectivity index (χ1n) is 7.18. The Bertz CT molecular complexity index is 939. The molecule has 2 unspecified atom stereocenters. The van der Waals surface area contributed by atoms with Gasteiger partial charge in [0.25, 0.3) is 5.91 Å². The molecule has 6 heteroatoms. The summed E-state index contributed by atoms with van der Waals surface area (Å²) in [6.45, 7) is 0. The van der Waals surface area contributed by atoms with Crippen molar-refractivity contribution in [1.29, 1.82) is 0 Å². The van der Waals surface area contributed by atoms with E-state index in [0.717, 1.165) is 12.0 Å². The summed E-state index contributed by atoms with van der Waals surface area (Å²) in [5.41, 5.74) is 1.92. The van der Waals surface area contributed by atoms with Crippen molar-refractivity contribution in [1.82, 2.24) is 9.78 Å². The van der Waals surface area contributed by atoms with E-state index in [4.69, 9.17) is 11.6 Å². The molecule has 3 aromatic rings. The minimum Gasteiger partial charge on any atom is -0.267 e. The van der Waals surface area contributed by atoms with E-state index in [-0.39, 0.29) is 17.2 Å². The van der Waals surface area contributed by atoms with E-state index in [2.05, 4.69) is 21.0 Å². The van der Waals surface area contributed by atoms with Gasteiger partial charge in [-0.3, -0.25) is 4.79 Å². The van der Waals surface area contributed by atoms with Crippen LogP contribution in [0.3, 0.4) is 0 Å². The van der Waals surface area contributed by atoms with E-state index < -0.39 is 5.82 Å². The highest BCUT2D eigenvalue weighted by atomic mass is 79.9. The van der Waals surface area contributed by atoms with Gasteiger partial charge in [0.05, 0.1) is 10.9 Å². The van der Waals surface area contributed by atoms with E-state index in [1.165, 1.54) is 10.7 Å².